The molecular formula is C18H17Cl2N3O2. The smallest absolute Gasteiger partial charge is 0.238 e. The van der Waals surface area contributed by atoms with Crippen molar-refractivity contribution >= 4 is 40.8 Å². The van der Waals surface area contributed by atoms with Gasteiger partial charge < -0.3 is 0 Å². The van der Waals surface area contributed by atoms with Gasteiger partial charge in [-0.05, 0) is 25.0 Å². The van der Waals surface area contributed by atoms with Crippen LogP contribution in [-0.4, -0.2) is 21.6 Å². The molecule has 0 bridgehead atoms. The van der Waals surface area contributed by atoms with E-state index in [9.17, 15) is 9.59 Å². The van der Waals surface area contributed by atoms with E-state index < -0.39 is 0 Å². The molecule has 0 unspecified atom stereocenters. The highest BCUT2D eigenvalue weighted by Crippen LogP contribution is 2.39. The van der Waals surface area contributed by atoms with Crippen LogP contribution in [0.1, 0.15) is 31.2 Å². The molecule has 4 rings (SSSR count). The SMILES string of the molecule is O=C1[C@H]2CCCC[C@H]2C(=O)N1c1ccn(Cc2c(Cl)cccc2Cl)n1. The highest BCUT2D eigenvalue weighted by Gasteiger charge is 2.49. The van der Waals surface area contributed by atoms with Crippen molar-refractivity contribution in [1.82, 2.24) is 9.78 Å². The predicted molar refractivity (Wildman–Crippen MR) is 95.7 cm³/mol. The van der Waals surface area contributed by atoms with Crippen LogP contribution in [-0.2, 0) is 16.1 Å². The Bertz CT molecular complexity index is 804. The predicted octanol–water partition coefficient (Wildman–Crippen LogP) is 3.92. The third-order valence-electron chi connectivity index (χ3n) is 5.08. The minimum Gasteiger partial charge on any atom is -0.274 e. The van der Waals surface area contributed by atoms with Gasteiger partial charge in [0, 0.05) is 27.9 Å². The number of carbonyl (C=O) groups is 2. The van der Waals surface area contributed by atoms with Crippen LogP contribution in [0.3, 0.4) is 0 Å². The summed E-state index contributed by atoms with van der Waals surface area (Å²) in [5.41, 5.74) is 0.758. The summed E-state index contributed by atoms with van der Waals surface area (Å²) in [6.45, 7) is 0.377. The largest absolute Gasteiger partial charge is 0.274 e. The maximum Gasteiger partial charge on any atom is 0.238 e. The van der Waals surface area contributed by atoms with Crippen LogP contribution in [0.15, 0.2) is 30.5 Å². The maximum atomic E-state index is 12.6. The molecule has 2 aliphatic rings. The fourth-order valence-electron chi connectivity index (χ4n) is 3.79. The molecule has 0 N–H and O–H groups in total. The summed E-state index contributed by atoms with van der Waals surface area (Å²) in [6, 6.07) is 7.01. The number of nitrogens with zero attached hydrogens (tertiary/aromatic N) is 3. The molecule has 1 aromatic heterocycles. The van der Waals surface area contributed by atoms with Gasteiger partial charge in [-0.25, -0.2) is 4.90 Å². The number of fused-ring (bicyclic) bond motifs is 1. The third kappa shape index (κ3) is 2.85. The van der Waals surface area contributed by atoms with Gasteiger partial charge >= 0.3 is 0 Å². The second kappa shape index (κ2) is 6.46. The second-order valence-electron chi connectivity index (χ2n) is 6.58. The summed E-state index contributed by atoms with van der Waals surface area (Å²) in [5.74, 6) is -0.201. The van der Waals surface area contributed by atoms with E-state index in [4.69, 9.17) is 23.2 Å². The summed E-state index contributed by atoms with van der Waals surface area (Å²) in [6.07, 6.45) is 5.34. The summed E-state index contributed by atoms with van der Waals surface area (Å²) in [4.78, 5) is 26.5. The lowest BCUT2D eigenvalue weighted by molar-refractivity contribution is -0.122. The Morgan fingerprint density at radius 3 is 2.20 bits per heavy atom. The van der Waals surface area contributed by atoms with Gasteiger partial charge in [0.05, 0.1) is 18.4 Å². The Balaban J connectivity index is 1.59. The molecule has 5 nitrogen and oxygen atoms in total. The normalized spacial score (nSPS) is 23.2. The van der Waals surface area contributed by atoms with Gasteiger partial charge in [0.15, 0.2) is 5.82 Å². The van der Waals surface area contributed by atoms with Gasteiger partial charge in [-0.3, -0.25) is 14.3 Å². The van der Waals surface area contributed by atoms with E-state index in [0.717, 1.165) is 31.2 Å². The van der Waals surface area contributed by atoms with Crippen molar-refractivity contribution in [2.24, 2.45) is 11.8 Å². The van der Waals surface area contributed by atoms with Crippen LogP contribution in [0.25, 0.3) is 0 Å². The van der Waals surface area contributed by atoms with E-state index in [-0.39, 0.29) is 23.7 Å². The van der Waals surface area contributed by atoms with Crippen LogP contribution in [0.2, 0.25) is 10.0 Å². The topological polar surface area (TPSA) is 55.2 Å². The Hall–Kier alpha value is -1.85. The molecule has 2 amide bonds. The Labute approximate surface area is 155 Å². The van der Waals surface area contributed by atoms with Crippen LogP contribution in [0.5, 0.6) is 0 Å². The zero-order valence-corrected chi connectivity index (χ0v) is 15.0. The molecule has 0 spiro atoms. The lowest BCUT2D eigenvalue weighted by Gasteiger charge is -2.19. The first-order chi connectivity index (χ1) is 12.1. The van der Waals surface area contributed by atoms with Crippen molar-refractivity contribution in [2.45, 2.75) is 32.2 Å². The minimum atomic E-state index is -0.176. The van der Waals surface area contributed by atoms with Gasteiger partial charge in [0.1, 0.15) is 0 Å². The van der Waals surface area contributed by atoms with Gasteiger partial charge in [0.25, 0.3) is 0 Å². The average Bonchev–Trinajstić information content (AvgIpc) is 3.15. The van der Waals surface area contributed by atoms with E-state index in [1.807, 2.05) is 0 Å². The first kappa shape index (κ1) is 16.6. The van der Waals surface area contributed by atoms with Crippen LogP contribution in [0.4, 0.5) is 5.82 Å². The molecule has 2 fully saturated rings. The van der Waals surface area contributed by atoms with E-state index >= 15 is 0 Å². The van der Waals surface area contributed by atoms with Crippen LogP contribution in [0, 0.1) is 11.8 Å². The monoisotopic (exact) mass is 377 g/mol. The molecule has 7 heteroatoms. The molecule has 0 radical (unpaired) electrons. The standard InChI is InChI=1S/C18H17Cl2N3O2/c19-14-6-3-7-15(20)13(14)10-22-9-8-16(21-22)23-17(24)11-4-1-2-5-12(11)18(23)25/h3,6-9,11-12H,1-2,4-5,10H2/t11-,12+. The Kier molecular flexibility index (Phi) is 4.29. The number of hydrogen-bond donors (Lipinski definition) is 0. The number of imide groups is 1. The first-order valence-corrected chi connectivity index (χ1v) is 9.16. The number of hydrogen-bond acceptors (Lipinski definition) is 3. The van der Waals surface area contributed by atoms with Crippen molar-refractivity contribution in [3.8, 4) is 0 Å². The van der Waals surface area contributed by atoms with E-state index in [2.05, 4.69) is 5.10 Å². The lowest BCUT2D eigenvalue weighted by Crippen LogP contribution is -2.31. The number of aromatic nitrogens is 2. The number of anilines is 1. The van der Waals surface area contributed by atoms with Crippen LogP contribution < -0.4 is 4.90 Å². The molecule has 2 aromatic rings. The molecule has 1 aromatic carbocycles. The number of carbonyl (C=O) groups excluding carboxylic acids is 2. The van der Waals surface area contributed by atoms with Gasteiger partial charge in [-0.1, -0.05) is 42.1 Å². The fraction of sp³-hybridized carbons (Fsp3) is 0.389. The molecule has 1 aliphatic heterocycles. The molecular weight excluding hydrogens is 361 g/mol. The zero-order valence-electron chi connectivity index (χ0n) is 13.5. The molecule has 130 valence electrons. The average molecular weight is 378 g/mol. The molecule has 1 saturated heterocycles. The quantitative estimate of drug-likeness (QED) is 0.761. The van der Waals surface area contributed by atoms with Gasteiger partial charge in [-0.15, -0.1) is 0 Å². The molecule has 1 aliphatic carbocycles. The first-order valence-electron chi connectivity index (χ1n) is 8.40. The molecule has 2 atom stereocenters. The highest BCUT2D eigenvalue weighted by molar-refractivity contribution is 6.36. The number of halogens is 2. The zero-order chi connectivity index (χ0) is 17.6. The third-order valence-corrected chi connectivity index (χ3v) is 5.79. The minimum absolute atomic E-state index is 0.115. The Morgan fingerprint density at radius 1 is 1.00 bits per heavy atom. The fourth-order valence-corrected chi connectivity index (χ4v) is 4.31. The number of rotatable bonds is 3. The van der Waals surface area contributed by atoms with Crippen molar-refractivity contribution < 1.29 is 9.59 Å². The summed E-state index contributed by atoms with van der Waals surface area (Å²) in [7, 11) is 0. The van der Waals surface area contributed by atoms with Crippen molar-refractivity contribution in [1.29, 1.82) is 0 Å². The van der Waals surface area contributed by atoms with E-state index in [1.54, 1.807) is 35.1 Å². The van der Waals surface area contributed by atoms with Gasteiger partial charge in [-0.2, -0.15) is 5.10 Å². The van der Waals surface area contributed by atoms with E-state index in [0.29, 0.717) is 22.4 Å². The number of benzene rings is 1. The molecule has 2 heterocycles. The van der Waals surface area contributed by atoms with Gasteiger partial charge in [0.2, 0.25) is 11.8 Å². The summed E-state index contributed by atoms with van der Waals surface area (Å²) >= 11 is 12.4. The number of amides is 2. The Morgan fingerprint density at radius 2 is 1.60 bits per heavy atom. The molecule has 1 saturated carbocycles. The highest BCUT2D eigenvalue weighted by atomic mass is 35.5. The van der Waals surface area contributed by atoms with Crippen molar-refractivity contribution in [2.75, 3.05) is 4.90 Å². The summed E-state index contributed by atoms with van der Waals surface area (Å²) < 4.78 is 1.64. The van der Waals surface area contributed by atoms with E-state index in [1.165, 1.54) is 4.90 Å². The van der Waals surface area contributed by atoms with Crippen molar-refractivity contribution in [3.05, 3.63) is 46.1 Å². The summed E-state index contributed by atoms with van der Waals surface area (Å²) in [5, 5.41) is 5.53. The second-order valence-corrected chi connectivity index (χ2v) is 7.40. The lowest BCUT2D eigenvalue weighted by atomic mass is 9.81. The maximum absolute atomic E-state index is 12.6. The van der Waals surface area contributed by atoms with Crippen molar-refractivity contribution in [3.63, 3.8) is 0 Å². The van der Waals surface area contributed by atoms with Crippen LogP contribution >= 0.6 is 23.2 Å². The molecule has 25 heavy (non-hydrogen) atoms.